The number of nitrogens with zero attached hydrogens (tertiary/aromatic N) is 1. The quantitative estimate of drug-likeness (QED) is 0.569. The summed E-state index contributed by atoms with van der Waals surface area (Å²) in [5.74, 6) is 0.231. The molecule has 1 unspecified atom stereocenters. The van der Waals surface area contributed by atoms with Gasteiger partial charge in [0.15, 0.2) is 0 Å². The lowest BCUT2D eigenvalue weighted by Gasteiger charge is -2.33. The van der Waals surface area contributed by atoms with Crippen molar-refractivity contribution in [1.82, 2.24) is 0 Å². The summed E-state index contributed by atoms with van der Waals surface area (Å²) in [6.45, 7) is 12.9. The second-order valence-corrected chi connectivity index (χ2v) is 7.88. The van der Waals surface area contributed by atoms with Crippen LogP contribution in [0.2, 0.25) is 0 Å². The van der Waals surface area contributed by atoms with E-state index in [1.54, 1.807) is 0 Å². The number of hydrogen-bond donors (Lipinski definition) is 0. The Morgan fingerprint density at radius 2 is 1.95 bits per heavy atom. The van der Waals surface area contributed by atoms with Crippen LogP contribution in [0.1, 0.15) is 65.9 Å². The molecule has 1 atom stereocenters. The number of amides is 1. The van der Waals surface area contributed by atoms with Crippen LogP contribution in [0.15, 0.2) is 22.7 Å². The Kier molecular flexibility index (Phi) is 7.11. The third kappa shape index (κ3) is 5.12. The van der Waals surface area contributed by atoms with Crippen LogP contribution in [-0.2, 0) is 4.79 Å². The maximum absolute atomic E-state index is 12.9. The van der Waals surface area contributed by atoms with Crippen molar-refractivity contribution in [3.8, 4) is 0 Å². The second kappa shape index (κ2) is 8.14. The van der Waals surface area contributed by atoms with Crippen molar-refractivity contribution >= 4 is 27.5 Å². The summed E-state index contributed by atoms with van der Waals surface area (Å²) in [6.07, 6.45) is 3.70. The van der Waals surface area contributed by atoms with Crippen molar-refractivity contribution in [1.29, 1.82) is 0 Å². The highest BCUT2D eigenvalue weighted by molar-refractivity contribution is 9.10. The van der Waals surface area contributed by atoms with Gasteiger partial charge in [-0.3, -0.25) is 4.79 Å². The van der Waals surface area contributed by atoms with E-state index in [1.807, 2.05) is 17.0 Å². The van der Waals surface area contributed by atoms with E-state index < -0.39 is 0 Å². The van der Waals surface area contributed by atoms with E-state index in [9.17, 15) is 4.79 Å². The Labute approximate surface area is 144 Å². The molecular weight excluding hydrogens is 338 g/mol. The molecule has 0 saturated heterocycles. The van der Waals surface area contributed by atoms with Crippen LogP contribution in [0.4, 0.5) is 5.69 Å². The summed E-state index contributed by atoms with van der Waals surface area (Å²) >= 11 is 3.54. The number of aryl methyl sites for hydroxylation is 1. The van der Waals surface area contributed by atoms with Crippen LogP contribution in [-0.4, -0.2) is 11.9 Å². The van der Waals surface area contributed by atoms with E-state index in [2.05, 4.69) is 63.5 Å². The van der Waals surface area contributed by atoms with E-state index in [1.165, 1.54) is 0 Å². The first kappa shape index (κ1) is 19.2. The molecule has 0 spiro atoms. The molecular formula is C19H30BrNO. The van der Waals surface area contributed by atoms with Crippen molar-refractivity contribution in [2.45, 2.75) is 73.3 Å². The summed E-state index contributed by atoms with van der Waals surface area (Å²) in [4.78, 5) is 14.9. The van der Waals surface area contributed by atoms with Gasteiger partial charge in [-0.1, -0.05) is 56.5 Å². The molecule has 1 aromatic carbocycles. The van der Waals surface area contributed by atoms with Crippen LogP contribution in [0, 0.1) is 12.3 Å². The third-order valence-electron chi connectivity index (χ3n) is 4.42. The van der Waals surface area contributed by atoms with E-state index in [-0.39, 0.29) is 17.4 Å². The van der Waals surface area contributed by atoms with Crippen molar-refractivity contribution in [3.05, 3.63) is 28.2 Å². The first-order valence-electron chi connectivity index (χ1n) is 8.30. The van der Waals surface area contributed by atoms with Gasteiger partial charge < -0.3 is 4.90 Å². The molecule has 0 heterocycles. The molecule has 0 aliphatic heterocycles. The minimum Gasteiger partial charge on any atom is -0.310 e. The standard InChI is InChI=1S/C19H30BrNO/c1-7-9-15(4)21(18(22)13-19(5,6)8-2)16-10-11-17(20)14(3)12-16/h10-12,15H,7-9,13H2,1-6H3. The van der Waals surface area contributed by atoms with E-state index in [4.69, 9.17) is 0 Å². The molecule has 3 heteroatoms. The van der Waals surface area contributed by atoms with Gasteiger partial charge >= 0.3 is 0 Å². The Balaban J connectivity index is 3.12. The molecule has 1 amide bonds. The summed E-state index contributed by atoms with van der Waals surface area (Å²) < 4.78 is 1.08. The monoisotopic (exact) mass is 367 g/mol. The molecule has 0 bridgehead atoms. The maximum Gasteiger partial charge on any atom is 0.227 e. The Morgan fingerprint density at radius 1 is 1.32 bits per heavy atom. The van der Waals surface area contributed by atoms with Gasteiger partial charge in [0, 0.05) is 22.6 Å². The highest BCUT2D eigenvalue weighted by Crippen LogP contribution is 2.30. The summed E-state index contributed by atoms with van der Waals surface area (Å²) in [5.41, 5.74) is 2.22. The SMILES string of the molecule is CCCC(C)N(C(=O)CC(C)(C)CC)c1ccc(Br)c(C)c1. The van der Waals surface area contributed by atoms with Crippen molar-refractivity contribution in [3.63, 3.8) is 0 Å². The summed E-state index contributed by atoms with van der Waals surface area (Å²) in [7, 11) is 0. The fraction of sp³-hybridized carbons (Fsp3) is 0.632. The molecule has 0 N–H and O–H groups in total. The number of carbonyl (C=O) groups is 1. The lowest BCUT2D eigenvalue weighted by molar-refractivity contribution is -0.121. The predicted molar refractivity (Wildman–Crippen MR) is 99.4 cm³/mol. The number of benzene rings is 1. The summed E-state index contributed by atoms with van der Waals surface area (Å²) in [6, 6.07) is 6.41. The van der Waals surface area contributed by atoms with Gasteiger partial charge in [-0.05, 0) is 49.4 Å². The average molecular weight is 368 g/mol. The topological polar surface area (TPSA) is 20.3 Å². The highest BCUT2D eigenvalue weighted by Gasteiger charge is 2.27. The minimum atomic E-state index is 0.0473. The van der Waals surface area contributed by atoms with Gasteiger partial charge in [0.2, 0.25) is 5.91 Å². The zero-order valence-corrected chi connectivity index (χ0v) is 16.5. The smallest absolute Gasteiger partial charge is 0.227 e. The number of rotatable bonds is 7. The second-order valence-electron chi connectivity index (χ2n) is 7.03. The van der Waals surface area contributed by atoms with Crippen LogP contribution >= 0.6 is 15.9 Å². The van der Waals surface area contributed by atoms with Crippen LogP contribution in [0.5, 0.6) is 0 Å². The molecule has 124 valence electrons. The fourth-order valence-corrected chi connectivity index (χ4v) is 2.84. The molecule has 0 saturated carbocycles. The Bertz CT molecular complexity index is 510. The zero-order valence-electron chi connectivity index (χ0n) is 14.9. The van der Waals surface area contributed by atoms with Gasteiger partial charge in [0.1, 0.15) is 0 Å². The largest absolute Gasteiger partial charge is 0.310 e. The maximum atomic E-state index is 12.9. The molecule has 1 rings (SSSR count). The lowest BCUT2D eigenvalue weighted by Crippen LogP contribution is -2.40. The summed E-state index contributed by atoms with van der Waals surface area (Å²) in [5, 5.41) is 0. The fourth-order valence-electron chi connectivity index (χ4n) is 2.59. The van der Waals surface area contributed by atoms with Crippen molar-refractivity contribution < 1.29 is 4.79 Å². The Hall–Kier alpha value is -0.830. The number of halogens is 1. The first-order chi connectivity index (χ1) is 10.2. The van der Waals surface area contributed by atoms with Crippen LogP contribution in [0.3, 0.4) is 0 Å². The molecule has 0 fully saturated rings. The lowest BCUT2D eigenvalue weighted by atomic mass is 9.85. The van der Waals surface area contributed by atoms with Crippen LogP contribution in [0.25, 0.3) is 0 Å². The number of anilines is 1. The van der Waals surface area contributed by atoms with Gasteiger partial charge in [0.25, 0.3) is 0 Å². The minimum absolute atomic E-state index is 0.0473. The molecule has 1 aromatic rings. The molecule has 22 heavy (non-hydrogen) atoms. The van der Waals surface area contributed by atoms with E-state index in [0.29, 0.717) is 6.42 Å². The normalized spacial score (nSPS) is 13.0. The van der Waals surface area contributed by atoms with E-state index in [0.717, 1.165) is 35.0 Å². The van der Waals surface area contributed by atoms with Gasteiger partial charge in [-0.15, -0.1) is 0 Å². The molecule has 0 aliphatic carbocycles. The molecule has 0 aromatic heterocycles. The number of hydrogen-bond acceptors (Lipinski definition) is 1. The molecule has 0 radical (unpaired) electrons. The molecule has 2 nitrogen and oxygen atoms in total. The van der Waals surface area contributed by atoms with Gasteiger partial charge in [0.05, 0.1) is 0 Å². The van der Waals surface area contributed by atoms with Gasteiger partial charge in [-0.25, -0.2) is 0 Å². The third-order valence-corrected chi connectivity index (χ3v) is 5.31. The van der Waals surface area contributed by atoms with Crippen molar-refractivity contribution in [2.75, 3.05) is 4.90 Å². The number of carbonyl (C=O) groups excluding carboxylic acids is 1. The van der Waals surface area contributed by atoms with Gasteiger partial charge in [-0.2, -0.15) is 0 Å². The van der Waals surface area contributed by atoms with Crippen LogP contribution < -0.4 is 4.90 Å². The average Bonchev–Trinajstić information content (AvgIpc) is 2.43. The predicted octanol–water partition coefficient (Wildman–Crippen LogP) is 6.11. The van der Waals surface area contributed by atoms with E-state index >= 15 is 0 Å². The zero-order chi connectivity index (χ0) is 16.9. The highest BCUT2D eigenvalue weighted by atomic mass is 79.9. The van der Waals surface area contributed by atoms with Crippen molar-refractivity contribution in [2.24, 2.45) is 5.41 Å². The Morgan fingerprint density at radius 3 is 2.45 bits per heavy atom. The first-order valence-corrected chi connectivity index (χ1v) is 9.09. The molecule has 0 aliphatic rings.